The van der Waals surface area contributed by atoms with E-state index in [9.17, 15) is 0 Å². The Morgan fingerprint density at radius 2 is 1.94 bits per heavy atom. The van der Waals surface area contributed by atoms with Crippen LogP contribution in [0.1, 0.15) is 24.0 Å². The summed E-state index contributed by atoms with van der Waals surface area (Å²) in [4.78, 5) is 0. The summed E-state index contributed by atoms with van der Waals surface area (Å²) in [5.41, 5.74) is 2.78. The number of unbranched alkanes of at least 4 members (excludes halogenated alkanes) is 1. The van der Waals surface area contributed by atoms with E-state index in [0.717, 1.165) is 19.3 Å². The van der Waals surface area contributed by atoms with E-state index in [2.05, 4.69) is 49.2 Å². The molecule has 0 heteroatoms. The molecule has 0 amide bonds. The van der Waals surface area contributed by atoms with Crippen molar-refractivity contribution in [2.24, 2.45) is 0 Å². The maximum Gasteiger partial charge on any atom is 0.0102 e. The maximum atomic E-state index is 6.94. The summed E-state index contributed by atoms with van der Waals surface area (Å²) in [6, 6.07) is 12.9. The average molecular weight is 207 g/mol. The standard InChI is InChI=1S/C16H15/c1-3-4-5-9-15-13(2)11-12-14-8-6-7-10-16(14)15/h6-8,10-12H,4-5,9H2,2H3. The molecule has 2 aromatic rings. The molecule has 0 bridgehead atoms. The Bertz CT molecular complexity index is 529. The molecule has 0 aliphatic heterocycles. The van der Waals surface area contributed by atoms with E-state index < -0.39 is 0 Å². The van der Waals surface area contributed by atoms with E-state index in [1.165, 1.54) is 21.9 Å². The van der Waals surface area contributed by atoms with Gasteiger partial charge in [0.1, 0.15) is 0 Å². The van der Waals surface area contributed by atoms with Gasteiger partial charge in [0.2, 0.25) is 0 Å². The Morgan fingerprint density at radius 3 is 2.75 bits per heavy atom. The molecule has 79 valence electrons. The molecule has 0 aliphatic carbocycles. The van der Waals surface area contributed by atoms with Gasteiger partial charge in [-0.2, -0.15) is 0 Å². The lowest BCUT2D eigenvalue weighted by Gasteiger charge is -2.09. The fourth-order valence-electron chi connectivity index (χ4n) is 2.13. The van der Waals surface area contributed by atoms with Crippen LogP contribution in [-0.2, 0) is 6.42 Å². The molecular formula is C16H15. The van der Waals surface area contributed by atoms with Crippen molar-refractivity contribution < 1.29 is 0 Å². The first-order valence-electron chi connectivity index (χ1n) is 5.70. The molecule has 0 fully saturated rings. The number of aryl methyl sites for hydroxylation is 2. The van der Waals surface area contributed by atoms with Crippen LogP contribution in [0.5, 0.6) is 0 Å². The highest BCUT2D eigenvalue weighted by Gasteiger charge is 2.03. The lowest BCUT2D eigenvalue weighted by molar-refractivity contribution is 0.857. The molecule has 0 aromatic heterocycles. The zero-order chi connectivity index (χ0) is 11.4. The molecule has 0 heterocycles. The number of benzene rings is 2. The van der Waals surface area contributed by atoms with Gasteiger partial charge in [0.25, 0.3) is 0 Å². The molecule has 0 atom stereocenters. The fraction of sp³-hybridized carbons (Fsp3) is 0.250. The van der Waals surface area contributed by atoms with Crippen LogP contribution < -0.4 is 0 Å². The molecule has 2 aromatic carbocycles. The molecule has 0 saturated carbocycles. The van der Waals surface area contributed by atoms with Gasteiger partial charge in [-0.05, 0) is 48.1 Å². The topological polar surface area (TPSA) is 0 Å². The molecule has 0 saturated heterocycles. The summed E-state index contributed by atoms with van der Waals surface area (Å²) < 4.78 is 0. The van der Waals surface area contributed by atoms with Crippen molar-refractivity contribution in [1.82, 2.24) is 0 Å². The van der Waals surface area contributed by atoms with Crippen molar-refractivity contribution in [3.05, 3.63) is 53.9 Å². The Hall–Kier alpha value is -1.74. The minimum absolute atomic E-state index is 0.753. The third kappa shape index (κ3) is 2.09. The Kier molecular flexibility index (Phi) is 3.27. The summed E-state index contributed by atoms with van der Waals surface area (Å²) in [7, 11) is 0. The Morgan fingerprint density at radius 1 is 1.12 bits per heavy atom. The van der Waals surface area contributed by atoms with Gasteiger partial charge >= 0.3 is 0 Å². The average Bonchev–Trinajstić information content (AvgIpc) is 2.32. The highest BCUT2D eigenvalue weighted by atomic mass is 14.1. The molecule has 0 spiro atoms. The molecule has 0 nitrogen and oxygen atoms in total. The van der Waals surface area contributed by atoms with Crippen molar-refractivity contribution in [3.63, 3.8) is 0 Å². The van der Waals surface area contributed by atoms with Crippen molar-refractivity contribution in [2.45, 2.75) is 26.2 Å². The fourth-order valence-corrected chi connectivity index (χ4v) is 2.13. The van der Waals surface area contributed by atoms with Crippen molar-refractivity contribution in [1.29, 1.82) is 0 Å². The maximum absolute atomic E-state index is 6.94. The van der Waals surface area contributed by atoms with Gasteiger partial charge in [-0.1, -0.05) is 42.3 Å². The van der Waals surface area contributed by atoms with Crippen LogP contribution in [0.4, 0.5) is 0 Å². The van der Waals surface area contributed by atoms with Gasteiger partial charge in [0.05, 0.1) is 0 Å². The summed E-state index contributed by atoms with van der Waals surface area (Å²) in [6.45, 7) is 2.16. The van der Waals surface area contributed by atoms with Crippen molar-refractivity contribution >= 4 is 10.8 Å². The third-order valence-electron chi connectivity index (χ3n) is 3.00. The zero-order valence-corrected chi connectivity index (χ0v) is 9.59. The normalized spacial score (nSPS) is 10.2. The lowest BCUT2D eigenvalue weighted by Crippen LogP contribution is -1.91. The Balaban J connectivity index is 2.41. The summed E-state index contributed by atoms with van der Waals surface area (Å²) in [5, 5.41) is 2.66. The van der Waals surface area contributed by atoms with Gasteiger partial charge < -0.3 is 0 Å². The predicted molar refractivity (Wildman–Crippen MR) is 68.8 cm³/mol. The lowest BCUT2D eigenvalue weighted by atomic mass is 9.96. The van der Waals surface area contributed by atoms with Crippen LogP contribution in [-0.4, -0.2) is 0 Å². The second-order valence-corrected chi connectivity index (χ2v) is 4.11. The van der Waals surface area contributed by atoms with Crippen molar-refractivity contribution in [2.75, 3.05) is 0 Å². The number of rotatable bonds is 3. The van der Waals surface area contributed by atoms with E-state index in [1.807, 2.05) is 0 Å². The summed E-state index contributed by atoms with van der Waals surface area (Å²) >= 11 is 0. The second-order valence-electron chi connectivity index (χ2n) is 4.11. The van der Waals surface area contributed by atoms with E-state index in [4.69, 9.17) is 6.42 Å². The van der Waals surface area contributed by atoms with Crippen LogP contribution in [0, 0.1) is 19.3 Å². The van der Waals surface area contributed by atoms with E-state index in [0.29, 0.717) is 0 Å². The third-order valence-corrected chi connectivity index (χ3v) is 3.00. The first-order chi connectivity index (χ1) is 7.83. The molecule has 0 unspecified atom stereocenters. The van der Waals surface area contributed by atoms with Gasteiger partial charge in [0.15, 0.2) is 0 Å². The minimum Gasteiger partial charge on any atom is -0.0891 e. The molecule has 0 aliphatic rings. The molecule has 16 heavy (non-hydrogen) atoms. The van der Waals surface area contributed by atoms with Gasteiger partial charge in [-0.3, -0.25) is 0 Å². The molecule has 1 radical (unpaired) electrons. The zero-order valence-electron chi connectivity index (χ0n) is 9.59. The highest BCUT2D eigenvalue weighted by molar-refractivity contribution is 5.86. The molecule has 2 rings (SSSR count). The Labute approximate surface area is 97.3 Å². The summed E-state index contributed by atoms with van der Waals surface area (Å²) in [5.74, 6) is 2.46. The highest BCUT2D eigenvalue weighted by Crippen LogP contribution is 2.23. The van der Waals surface area contributed by atoms with Crippen molar-refractivity contribution in [3.8, 4) is 5.92 Å². The van der Waals surface area contributed by atoms with E-state index >= 15 is 0 Å². The molecular weight excluding hydrogens is 192 g/mol. The van der Waals surface area contributed by atoms with Crippen LogP contribution in [0.25, 0.3) is 10.8 Å². The quantitative estimate of drug-likeness (QED) is 0.526. The molecule has 0 N–H and O–H groups in total. The number of fused-ring (bicyclic) bond motifs is 1. The van der Waals surface area contributed by atoms with Gasteiger partial charge in [0, 0.05) is 6.42 Å². The minimum atomic E-state index is 0.753. The van der Waals surface area contributed by atoms with Crippen LogP contribution in [0.2, 0.25) is 0 Å². The first-order valence-corrected chi connectivity index (χ1v) is 5.70. The second kappa shape index (κ2) is 4.86. The van der Waals surface area contributed by atoms with Crippen LogP contribution in [0.15, 0.2) is 36.4 Å². The van der Waals surface area contributed by atoms with Gasteiger partial charge in [-0.25, -0.2) is 0 Å². The van der Waals surface area contributed by atoms with E-state index in [-0.39, 0.29) is 0 Å². The first kappa shape index (κ1) is 10.8. The number of hydrogen-bond acceptors (Lipinski definition) is 0. The largest absolute Gasteiger partial charge is 0.0891 e. The number of hydrogen-bond donors (Lipinski definition) is 0. The van der Waals surface area contributed by atoms with Crippen LogP contribution >= 0.6 is 0 Å². The predicted octanol–water partition coefficient (Wildman–Crippen LogP) is 4.06. The summed E-state index contributed by atoms with van der Waals surface area (Å²) in [6.07, 6.45) is 9.74. The monoisotopic (exact) mass is 207 g/mol. The smallest absolute Gasteiger partial charge is 0.0102 e. The van der Waals surface area contributed by atoms with Gasteiger partial charge in [-0.15, -0.1) is 0 Å². The SMILES string of the molecule is [C]#CCCCc1c(C)ccc2ccccc12. The van der Waals surface area contributed by atoms with E-state index in [1.54, 1.807) is 0 Å². The van der Waals surface area contributed by atoms with Crippen LogP contribution in [0.3, 0.4) is 0 Å².